The number of thiophene rings is 1. The summed E-state index contributed by atoms with van der Waals surface area (Å²) >= 11 is 3.53. The van der Waals surface area contributed by atoms with E-state index in [1.54, 1.807) is 18.3 Å². The Morgan fingerprint density at radius 1 is 1.53 bits per heavy atom. The summed E-state index contributed by atoms with van der Waals surface area (Å²) in [6.45, 7) is 2.02. The number of carbonyl (C=O) groups excluding carboxylic acids is 1. The van der Waals surface area contributed by atoms with Crippen molar-refractivity contribution in [1.29, 1.82) is 0 Å². The van der Waals surface area contributed by atoms with Crippen molar-refractivity contribution in [3.63, 3.8) is 0 Å². The SMILES string of the molecule is CC(O)(CNC(=O)CC1CCSCC1)c1ccsc1. The molecule has 3 nitrogen and oxygen atoms in total. The first-order valence-corrected chi connectivity index (χ1v) is 8.77. The van der Waals surface area contributed by atoms with E-state index in [2.05, 4.69) is 5.32 Å². The van der Waals surface area contributed by atoms with E-state index in [1.165, 1.54) is 11.5 Å². The van der Waals surface area contributed by atoms with E-state index in [-0.39, 0.29) is 12.5 Å². The first kappa shape index (κ1) is 14.9. The van der Waals surface area contributed by atoms with Crippen LogP contribution in [-0.4, -0.2) is 29.1 Å². The van der Waals surface area contributed by atoms with Crippen molar-refractivity contribution in [1.82, 2.24) is 5.32 Å². The number of hydrogen-bond acceptors (Lipinski definition) is 4. The molecule has 0 saturated carbocycles. The second kappa shape index (κ2) is 6.77. The summed E-state index contributed by atoms with van der Waals surface area (Å²) in [5, 5.41) is 17.0. The molecular weight excluding hydrogens is 278 g/mol. The third kappa shape index (κ3) is 4.51. The Balaban J connectivity index is 1.76. The van der Waals surface area contributed by atoms with Gasteiger partial charge in [-0.1, -0.05) is 0 Å². The molecule has 1 aromatic rings. The standard InChI is InChI=1S/C14H21NO2S2/c1-14(17,12-4-7-19-9-12)10-15-13(16)8-11-2-5-18-6-3-11/h4,7,9,11,17H,2-3,5-6,8,10H2,1H3,(H,15,16). The average Bonchev–Trinajstić information content (AvgIpc) is 2.92. The molecule has 1 aromatic heterocycles. The van der Waals surface area contributed by atoms with E-state index in [1.807, 2.05) is 28.6 Å². The Morgan fingerprint density at radius 2 is 2.26 bits per heavy atom. The molecule has 2 N–H and O–H groups in total. The molecule has 1 saturated heterocycles. The van der Waals surface area contributed by atoms with Crippen LogP contribution in [-0.2, 0) is 10.4 Å². The zero-order chi connectivity index (χ0) is 13.7. The summed E-state index contributed by atoms with van der Waals surface area (Å²) < 4.78 is 0. The van der Waals surface area contributed by atoms with Gasteiger partial charge >= 0.3 is 0 Å². The topological polar surface area (TPSA) is 49.3 Å². The number of rotatable bonds is 5. The van der Waals surface area contributed by atoms with Crippen molar-refractivity contribution in [2.75, 3.05) is 18.1 Å². The fourth-order valence-corrected chi connectivity index (χ4v) is 4.22. The zero-order valence-corrected chi connectivity index (χ0v) is 12.9. The summed E-state index contributed by atoms with van der Waals surface area (Å²) in [6, 6.07) is 1.90. The number of nitrogens with one attached hydrogen (secondary N) is 1. The van der Waals surface area contributed by atoms with Crippen LogP contribution < -0.4 is 5.32 Å². The fraction of sp³-hybridized carbons (Fsp3) is 0.643. The van der Waals surface area contributed by atoms with E-state index in [9.17, 15) is 9.90 Å². The lowest BCUT2D eigenvalue weighted by molar-refractivity contribution is -0.123. The van der Waals surface area contributed by atoms with Gasteiger partial charge < -0.3 is 10.4 Å². The maximum absolute atomic E-state index is 11.9. The lowest BCUT2D eigenvalue weighted by atomic mass is 9.97. The summed E-state index contributed by atoms with van der Waals surface area (Å²) in [7, 11) is 0. The number of amides is 1. The molecule has 2 heterocycles. The third-order valence-electron chi connectivity index (χ3n) is 3.59. The summed E-state index contributed by atoms with van der Waals surface area (Å²) in [5.41, 5.74) is -0.107. The van der Waals surface area contributed by atoms with E-state index in [4.69, 9.17) is 0 Å². The van der Waals surface area contributed by atoms with Gasteiger partial charge in [0, 0.05) is 6.42 Å². The van der Waals surface area contributed by atoms with Gasteiger partial charge in [0.2, 0.25) is 5.91 Å². The number of aliphatic hydroxyl groups is 1. The van der Waals surface area contributed by atoms with Crippen LogP contribution in [0.1, 0.15) is 31.7 Å². The maximum Gasteiger partial charge on any atom is 0.220 e. The monoisotopic (exact) mass is 299 g/mol. The maximum atomic E-state index is 11.9. The molecule has 1 amide bonds. The molecule has 1 unspecified atom stereocenters. The largest absolute Gasteiger partial charge is 0.384 e. The van der Waals surface area contributed by atoms with Crippen LogP contribution in [0.4, 0.5) is 0 Å². The zero-order valence-electron chi connectivity index (χ0n) is 11.2. The Morgan fingerprint density at radius 3 is 2.89 bits per heavy atom. The lowest BCUT2D eigenvalue weighted by Gasteiger charge is -2.24. The van der Waals surface area contributed by atoms with Crippen molar-refractivity contribution in [2.24, 2.45) is 5.92 Å². The number of carbonyl (C=O) groups is 1. The second-order valence-corrected chi connectivity index (χ2v) is 7.33. The van der Waals surface area contributed by atoms with Gasteiger partial charge in [0.25, 0.3) is 0 Å². The van der Waals surface area contributed by atoms with Crippen molar-refractivity contribution in [3.8, 4) is 0 Å². The molecule has 1 aliphatic rings. The molecule has 0 radical (unpaired) electrons. The van der Waals surface area contributed by atoms with Crippen molar-refractivity contribution in [3.05, 3.63) is 22.4 Å². The van der Waals surface area contributed by atoms with E-state index in [0.29, 0.717) is 12.3 Å². The summed E-state index contributed by atoms with van der Waals surface area (Å²) in [4.78, 5) is 11.9. The van der Waals surface area contributed by atoms with E-state index < -0.39 is 5.60 Å². The number of thioether (sulfide) groups is 1. The highest BCUT2D eigenvalue weighted by molar-refractivity contribution is 7.99. The third-order valence-corrected chi connectivity index (χ3v) is 5.32. The van der Waals surface area contributed by atoms with Crippen molar-refractivity contribution < 1.29 is 9.90 Å². The minimum atomic E-state index is -0.974. The van der Waals surface area contributed by atoms with Gasteiger partial charge in [-0.15, -0.1) is 0 Å². The van der Waals surface area contributed by atoms with Gasteiger partial charge in [0.1, 0.15) is 5.60 Å². The predicted molar refractivity (Wildman–Crippen MR) is 81.6 cm³/mol. The smallest absolute Gasteiger partial charge is 0.220 e. The molecule has 0 spiro atoms. The van der Waals surface area contributed by atoms with E-state index >= 15 is 0 Å². The average molecular weight is 299 g/mol. The molecule has 0 aliphatic carbocycles. The van der Waals surface area contributed by atoms with Crippen LogP contribution in [0.3, 0.4) is 0 Å². The van der Waals surface area contributed by atoms with Crippen LogP contribution in [0.25, 0.3) is 0 Å². The second-order valence-electron chi connectivity index (χ2n) is 5.32. The quantitative estimate of drug-likeness (QED) is 0.878. The minimum Gasteiger partial charge on any atom is -0.384 e. The van der Waals surface area contributed by atoms with Crippen molar-refractivity contribution in [2.45, 2.75) is 31.8 Å². The molecule has 19 heavy (non-hydrogen) atoms. The molecule has 0 aromatic carbocycles. The Kier molecular flexibility index (Phi) is 5.30. The van der Waals surface area contributed by atoms with Gasteiger partial charge in [-0.25, -0.2) is 0 Å². The molecule has 1 aliphatic heterocycles. The summed E-state index contributed by atoms with van der Waals surface area (Å²) in [6.07, 6.45) is 2.87. The Hall–Kier alpha value is -0.520. The van der Waals surface area contributed by atoms with Crippen molar-refractivity contribution >= 4 is 29.0 Å². The van der Waals surface area contributed by atoms with Crippen LogP contribution in [0.2, 0.25) is 0 Å². The van der Waals surface area contributed by atoms with E-state index in [0.717, 1.165) is 18.4 Å². The Labute approximate surface area is 122 Å². The first-order chi connectivity index (χ1) is 9.08. The summed E-state index contributed by atoms with van der Waals surface area (Å²) in [5.74, 6) is 2.93. The van der Waals surface area contributed by atoms with Gasteiger partial charge in [0.15, 0.2) is 0 Å². The lowest BCUT2D eigenvalue weighted by Crippen LogP contribution is -2.39. The first-order valence-electron chi connectivity index (χ1n) is 6.67. The van der Waals surface area contributed by atoms with Crippen LogP contribution in [0, 0.1) is 5.92 Å². The van der Waals surface area contributed by atoms with Gasteiger partial charge in [-0.3, -0.25) is 4.79 Å². The molecule has 5 heteroatoms. The highest BCUT2D eigenvalue weighted by Crippen LogP contribution is 2.25. The van der Waals surface area contributed by atoms with Crippen LogP contribution in [0.5, 0.6) is 0 Å². The molecule has 2 rings (SSSR count). The fourth-order valence-electron chi connectivity index (χ4n) is 2.23. The molecule has 106 valence electrons. The highest BCUT2D eigenvalue weighted by atomic mass is 32.2. The Bertz CT molecular complexity index is 398. The van der Waals surface area contributed by atoms with Gasteiger partial charge in [-0.05, 0) is 59.6 Å². The van der Waals surface area contributed by atoms with Crippen LogP contribution in [0.15, 0.2) is 16.8 Å². The molecular formula is C14H21NO2S2. The van der Waals surface area contributed by atoms with Crippen LogP contribution >= 0.6 is 23.1 Å². The van der Waals surface area contributed by atoms with Gasteiger partial charge in [-0.2, -0.15) is 23.1 Å². The normalized spacial score (nSPS) is 19.9. The highest BCUT2D eigenvalue weighted by Gasteiger charge is 2.25. The predicted octanol–water partition coefficient (Wildman–Crippen LogP) is 2.61. The molecule has 0 bridgehead atoms. The molecule has 1 fully saturated rings. The number of hydrogen-bond donors (Lipinski definition) is 2. The minimum absolute atomic E-state index is 0.0624. The molecule has 1 atom stereocenters. The van der Waals surface area contributed by atoms with Gasteiger partial charge in [0.05, 0.1) is 6.54 Å².